The lowest BCUT2D eigenvalue weighted by atomic mass is 9.79. The van der Waals surface area contributed by atoms with E-state index in [0.29, 0.717) is 44.0 Å². The quantitative estimate of drug-likeness (QED) is 0.0272. The summed E-state index contributed by atoms with van der Waals surface area (Å²) in [4.78, 5) is 91.2. The highest BCUT2D eigenvalue weighted by Gasteiger charge is 2.56. The van der Waals surface area contributed by atoms with Gasteiger partial charge in [0.15, 0.2) is 5.60 Å². The van der Waals surface area contributed by atoms with Crippen LogP contribution in [0, 0.1) is 20.2 Å². The number of esters is 1. The Hall–Kier alpha value is -8.11. The third kappa shape index (κ3) is 10.9. The Balaban J connectivity index is 1.17. The van der Waals surface area contributed by atoms with Crippen LogP contribution in [0.1, 0.15) is 58.9 Å². The van der Waals surface area contributed by atoms with Gasteiger partial charge in [-0.25, -0.2) is 14.4 Å². The van der Waals surface area contributed by atoms with E-state index >= 15 is 0 Å². The minimum Gasteiger partial charge on any atom is -0.444 e. The number of carbonyl (C=O) groups excluding carboxylic acids is 5. The van der Waals surface area contributed by atoms with E-state index in [4.69, 9.17) is 23.3 Å². The number of fused-ring (bicyclic) bond motifs is 6. The summed E-state index contributed by atoms with van der Waals surface area (Å²) in [5, 5.41) is 29.8. The van der Waals surface area contributed by atoms with Crippen molar-refractivity contribution in [2.75, 3.05) is 48.5 Å². The highest BCUT2D eigenvalue weighted by Crippen LogP contribution is 2.49. The molecule has 5 aromatic rings. The lowest BCUT2D eigenvalue weighted by molar-refractivity contribution is -0.386. The molecule has 0 unspecified atom stereocenters. The van der Waals surface area contributed by atoms with Crippen LogP contribution in [0.4, 0.5) is 32.3 Å². The SMILES string of the molecule is CN(C(=O)OCc1cc(C(=O)NCCS(=O)(=O)O)ccc1[N+](=O)[O-])c1ccc2c(c1)[Si](C)(C)c1cc(N(C)C(=O)OCc3cc(C(=O)NCCS(=O)(=O)O)ccc3[N+](=O)[O-])ccc1C21OC(=O)c2ccccc21. The highest BCUT2D eigenvalue weighted by atomic mass is 32.2. The normalized spacial score (nSPS) is 13.9. The zero-order chi connectivity index (χ0) is 53.4. The minimum atomic E-state index is -4.39. The fraction of sp³-hybridized carbons (Fsp3) is 0.239. The Labute approximate surface area is 416 Å². The molecule has 0 fully saturated rings. The molecule has 0 radical (unpaired) electrons. The maximum Gasteiger partial charge on any atom is 0.414 e. The number of ether oxygens (including phenoxy) is 3. The molecule has 27 heteroatoms. The number of nitro benzene ring substituents is 2. The number of rotatable bonds is 16. The summed E-state index contributed by atoms with van der Waals surface area (Å²) in [5.41, 5.74) is -0.400. The van der Waals surface area contributed by atoms with E-state index in [2.05, 4.69) is 10.6 Å². The van der Waals surface area contributed by atoms with Crippen LogP contribution in [0.3, 0.4) is 0 Å². The molecule has 0 atom stereocenters. The zero-order valence-corrected chi connectivity index (χ0v) is 41.6. The van der Waals surface area contributed by atoms with Crippen molar-refractivity contribution in [2.24, 2.45) is 0 Å². The van der Waals surface area contributed by atoms with E-state index in [0.717, 1.165) is 46.2 Å². The van der Waals surface area contributed by atoms with E-state index in [9.17, 15) is 61.0 Å². The van der Waals surface area contributed by atoms with Crippen LogP contribution in [0.15, 0.2) is 97.1 Å². The molecule has 0 saturated heterocycles. The molecule has 382 valence electrons. The molecule has 1 spiro atoms. The molecule has 2 heterocycles. The van der Waals surface area contributed by atoms with Crippen molar-refractivity contribution in [2.45, 2.75) is 31.9 Å². The first-order valence-corrected chi connectivity index (χ1v) is 27.9. The summed E-state index contributed by atoms with van der Waals surface area (Å²) in [6, 6.07) is 23.5. The number of anilines is 2. The molecule has 73 heavy (non-hydrogen) atoms. The molecule has 0 saturated carbocycles. The lowest BCUT2D eigenvalue weighted by Gasteiger charge is -2.44. The average molecular weight is 1060 g/mol. The van der Waals surface area contributed by atoms with Gasteiger partial charge in [-0.3, -0.25) is 48.7 Å². The van der Waals surface area contributed by atoms with Gasteiger partial charge in [0.05, 0.1) is 38.0 Å². The van der Waals surface area contributed by atoms with Crippen molar-refractivity contribution in [1.82, 2.24) is 10.6 Å². The van der Waals surface area contributed by atoms with Crippen LogP contribution >= 0.6 is 0 Å². The number of hydrogen-bond donors (Lipinski definition) is 4. The summed E-state index contributed by atoms with van der Waals surface area (Å²) < 4.78 is 79.8. The first-order valence-electron chi connectivity index (χ1n) is 21.7. The van der Waals surface area contributed by atoms with Gasteiger partial charge < -0.3 is 24.8 Å². The second kappa shape index (κ2) is 20.2. The molecule has 4 amide bonds. The van der Waals surface area contributed by atoms with Crippen molar-refractivity contribution in [1.29, 1.82) is 0 Å². The van der Waals surface area contributed by atoms with E-state index in [1.807, 2.05) is 13.1 Å². The van der Waals surface area contributed by atoms with Gasteiger partial charge in [0.1, 0.15) is 21.3 Å². The molecule has 0 aliphatic carbocycles. The topological polar surface area (TPSA) is 339 Å². The van der Waals surface area contributed by atoms with Crippen molar-refractivity contribution in [3.63, 3.8) is 0 Å². The molecule has 2 aliphatic heterocycles. The monoisotopic (exact) mass is 1060 g/mol. The first kappa shape index (κ1) is 52.7. The smallest absolute Gasteiger partial charge is 0.414 e. The molecule has 4 N–H and O–H groups in total. The summed E-state index contributed by atoms with van der Waals surface area (Å²) in [6.45, 7) is 1.76. The van der Waals surface area contributed by atoms with Gasteiger partial charge >= 0.3 is 18.2 Å². The maximum absolute atomic E-state index is 13.7. The Morgan fingerprint density at radius 1 is 0.658 bits per heavy atom. The van der Waals surface area contributed by atoms with Crippen molar-refractivity contribution >= 4 is 91.4 Å². The van der Waals surface area contributed by atoms with Gasteiger partial charge in [-0.1, -0.05) is 43.4 Å². The fourth-order valence-electron chi connectivity index (χ4n) is 8.55. The van der Waals surface area contributed by atoms with Gasteiger partial charge in [0.2, 0.25) is 0 Å². The molecule has 5 aromatic carbocycles. The maximum atomic E-state index is 13.7. The number of carbonyl (C=O) groups is 5. The fourth-order valence-corrected chi connectivity index (χ4v) is 12.4. The number of nitrogens with one attached hydrogen (secondary N) is 2. The third-order valence-corrected chi connectivity index (χ3v) is 17.2. The number of nitrogens with zero attached hydrogens (tertiary/aromatic N) is 4. The predicted molar refractivity (Wildman–Crippen MR) is 262 cm³/mol. The summed E-state index contributed by atoms with van der Waals surface area (Å²) in [6.07, 6.45) is -1.92. The standard InChI is InChI=1S/C46H44N6O18S2Si/c1-49(44(56)68-25-29-21-27(9-15-37(29)51(58)59)41(53)47-17-19-71(62,63)64)31-11-13-35-39(23-31)73(3,4)40-24-32(12-14-36(40)46(35)34-8-6-5-7-33(34)43(55)70-46)50(2)45(57)69-26-30-22-28(10-16-38(30)52(60)61)42(54)48-18-20-72(65,66)67/h5-16,21-24H,17-20,25-26H2,1-4H3,(H,47,53)(H,48,54)(H,62,63,64)(H,65,66,67). The van der Waals surface area contributed by atoms with Gasteiger partial charge in [-0.15, -0.1) is 0 Å². The largest absolute Gasteiger partial charge is 0.444 e. The van der Waals surface area contributed by atoms with Crippen molar-refractivity contribution in [3.05, 3.63) is 162 Å². The molecule has 0 aromatic heterocycles. The third-order valence-electron chi connectivity index (χ3n) is 12.3. The number of benzene rings is 5. The minimum absolute atomic E-state index is 0.117. The Bertz CT molecular complexity index is 3200. The van der Waals surface area contributed by atoms with Gasteiger partial charge in [-0.05, 0) is 65.0 Å². The van der Waals surface area contributed by atoms with Crippen LogP contribution in [0.5, 0.6) is 0 Å². The average Bonchev–Trinajstić information content (AvgIpc) is 3.64. The Morgan fingerprint density at radius 2 is 1.08 bits per heavy atom. The van der Waals surface area contributed by atoms with E-state index in [-0.39, 0.29) is 22.3 Å². The van der Waals surface area contributed by atoms with Crippen LogP contribution in [-0.4, -0.2) is 113 Å². The van der Waals surface area contributed by atoms with Crippen LogP contribution in [0.25, 0.3) is 0 Å². The number of nitro groups is 2. The molecule has 0 bridgehead atoms. The molecule has 7 rings (SSSR count). The first-order chi connectivity index (χ1) is 34.2. The molecular weight excluding hydrogens is 1020 g/mol. The summed E-state index contributed by atoms with van der Waals surface area (Å²) in [7, 11) is -9.00. The van der Waals surface area contributed by atoms with Gasteiger partial charge in [0.25, 0.3) is 43.4 Å². The molecule has 24 nitrogen and oxygen atoms in total. The summed E-state index contributed by atoms with van der Waals surface area (Å²) >= 11 is 0. The van der Waals surface area contributed by atoms with Crippen LogP contribution < -0.4 is 30.8 Å². The molecular formula is C46H44N6O18S2Si. The van der Waals surface area contributed by atoms with E-state index in [1.165, 1.54) is 14.1 Å². The summed E-state index contributed by atoms with van der Waals surface area (Å²) in [5.74, 6) is -3.78. The number of hydrogen-bond acceptors (Lipinski definition) is 16. The zero-order valence-electron chi connectivity index (χ0n) is 39.0. The van der Waals surface area contributed by atoms with Crippen LogP contribution in [0.2, 0.25) is 13.1 Å². The second-order valence-electron chi connectivity index (χ2n) is 17.2. The van der Waals surface area contributed by atoms with Gasteiger partial charge in [0, 0.05) is 78.5 Å². The predicted octanol–water partition coefficient (Wildman–Crippen LogP) is 3.88. The second-order valence-corrected chi connectivity index (χ2v) is 24.7. The van der Waals surface area contributed by atoms with Crippen LogP contribution in [-0.2, 0) is 53.3 Å². The van der Waals surface area contributed by atoms with Crippen molar-refractivity contribution in [3.8, 4) is 0 Å². The van der Waals surface area contributed by atoms with Crippen molar-refractivity contribution < 1.29 is 74.0 Å². The van der Waals surface area contributed by atoms with Gasteiger partial charge in [-0.2, -0.15) is 16.8 Å². The van der Waals surface area contributed by atoms with E-state index < -0.39 is 123 Å². The lowest BCUT2D eigenvalue weighted by Crippen LogP contribution is -2.63. The Kier molecular flexibility index (Phi) is 14.6. The Morgan fingerprint density at radius 3 is 1.49 bits per heavy atom. The van der Waals surface area contributed by atoms with E-state index in [1.54, 1.807) is 60.7 Å². The number of amides is 4. The highest BCUT2D eigenvalue weighted by molar-refractivity contribution is 7.86. The molecule has 2 aliphatic rings.